The number of nitrogens with zero attached hydrogens (tertiary/aromatic N) is 1. The number of ether oxygens (including phenoxy) is 1. The SMILES string of the molecule is COc1ccc(S(=O)(=O)N2C3CCC2CC(NC(=O)Nc2ccccc2)C3)cc1. The third-order valence-corrected chi connectivity index (χ3v) is 7.69. The number of para-hydroxylation sites is 1. The van der Waals surface area contributed by atoms with Crippen molar-refractivity contribution in [1.29, 1.82) is 0 Å². The van der Waals surface area contributed by atoms with Crippen molar-refractivity contribution < 1.29 is 17.9 Å². The molecule has 2 bridgehead atoms. The van der Waals surface area contributed by atoms with Crippen molar-refractivity contribution in [3.8, 4) is 5.75 Å². The molecule has 2 atom stereocenters. The molecule has 7 nitrogen and oxygen atoms in total. The van der Waals surface area contributed by atoms with Crippen LogP contribution in [-0.2, 0) is 10.0 Å². The highest BCUT2D eigenvalue weighted by Crippen LogP contribution is 2.40. The molecule has 2 unspecified atom stereocenters. The fraction of sp³-hybridized carbons (Fsp3) is 0.381. The first-order valence-electron chi connectivity index (χ1n) is 9.77. The summed E-state index contributed by atoms with van der Waals surface area (Å²) in [5.74, 6) is 0.624. The zero-order valence-corrected chi connectivity index (χ0v) is 17.1. The molecule has 2 fully saturated rings. The van der Waals surface area contributed by atoms with Crippen molar-refractivity contribution in [3.63, 3.8) is 0 Å². The molecule has 0 saturated carbocycles. The van der Waals surface area contributed by atoms with Crippen LogP contribution < -0.4 is 15.4 Å². The van der Waals surface area contributed by atoms with E-state index in [2.05, 4.69) is 10.6 Å². The Morgan fingerprint density at radius 1 is 1.00 bits per heavy atom. The lowest BCUT2D eigenvalue weighted by molar-refractivity contribution is 0.203. The van der Waals surface area contributed by atoms with Gasteiger partial charge in [0.15, 0.2) is 0 Å². The summed E-state index contributed by atoms with van der Waals surface area (Å²) in [5, 5.41) is 5.83. The van der Waals surface area contributed by atoms with E-state index in [4.69, 9.17) is 4.74 Å². The molecule has 2 aromatic rings. The first-order valence-corrected chi connectivity index (χ1v) is 11.2. The van der Waals surface area contributed by atoms with Gasteiger partial charge in [-0.1, -0.05) is 18.2 Å². The smallest absolute Gasteiger partial charge is 0.319 e. The Morgan fingerprint density at radius 3 is 2.21 bits per heavy atom. The normalized spacial score (nSPS) is 24.1. The summed E-state index contributed by atoms with van der Waals surface area (Å²) in [4.78, 5) is 12.6. The van der Waals surface area contributed by atoms with Crippen molar-refractivity contribution in [1.82, 2.24) is 9.62 Å². The zero-order valence-electron chi connectivity index (χ0n) is 16.2. The average Bonchev–Trinajstić information content (AvgIpc) is 3.01. The van der Waals surface area contributed by atoms with E-state index in [9.17, 15) is 13.2 Å². The molecular weight excluding hydrogens is 390 g/mol. The molecule has 0 aromatic heterocycles. The second-order valence-corrected chi connectivity index (χ2v) is 9.37. The van der Waals surface area contributed by atoms with Crippen molar-refractivity contribution in [2.75, 3.05) is 12.4 Å². The van der Waals surface area contributed by atoms with E-state index < -0.39 is 10.0 Å². The molecule has 2 N–H and O–H groups in total. The molecule has 2 aromatic carbocycles. The molecule has 2 aliphatic rings. The largest absolute Gasteiger partial charge is 0.497 e. The number of fused-ring (bicyclic) bond motifs is 2. The van der Waals surface area contributed by atoms with Crippen LogP contribution in [0.4, 0.5) is 10.5 Å². The monoisotopic (exact) mass is 415 g/mol. The van der Waals surface area contributed by atoms with Crippen LogP contribution in [-0.4, -0.2) is 44.0 Å². The van der Waals surface area contributed by atoms with Gasteiger partial charge >= 0.3 is 6.03 Å². The third kappa shape index (κ3) is 4.09. The van der Waals surface area contributed by atoms with Crippen LogP contribution in [0.5, 0.6) is 5.75 Å². The van der Waals surface area contributed by atoms with Gasteiger partial charge in [-0.15, -0.1) is 0 Å². The van der Waals surface area contributed by atoms with E-state index in [0.717, 1.165) is 18.5 Å². The Hall–Kier alpha value is -2.58. The third-order valence-electron chi connectivity index (χ3n) is 5.67. The summed E-state index contributed by atoms with van der Waals surface area (Å²) < 4.78 is 33.2. The van der Waals surface area contributed by atoms with Gasteiger partial charge in [0.2, 0.25) is 10.0 Å². The minimum atomic E-state index is -3.57. The summed E-state index contributed by atoms with van der Waals surface area (Å²) in [6.45, 7) is 0. The maximum Gasteiger partial charge on any atom is 0.319 e. The second kappa shape index (κ2) is 8.04. The molecule has 0 radical (unpaired) electrons. The van der Waals surface area contributed by atoms with E-state index in [1.54, 1.807) is 35.7 Å². The number of piperidine rings is 1. The number of hydrogen-bond acceptors (Lipinski definition) is 4. The maximum atomic E-state index is 13.2. The van der Waals surface area contributed by atoms with Gasteiger partial charge < -0.3 is 15.4 Å². The Bertz CT molecular complexity index is 949. The Kier molecular flexibility index (Phi) is 5.47. The van der Waals surface area contributed by atoms with Crippen molar-refractivity contribution >= 4 is 21.7 Å². The summed E-state index contributed by atoms with van der Waals surface area (Å²) in [6.07, 6.45) is 2.87. The molecule has 8 heteroatoms. The van der Waals surface area contributed by atoms with Gasteiger partial charge in [0.1, 0.15) is 5.75 Å². The van der Waals surface area contributed by atoms with Crippen LogP contribution in [0.3, 0.4) is 0 Å². The van der Waals surface area contributed by atoms with Crippen LogP contribution in [0.2, 0.25) is 0 Å². The van der Waals surface area contributed by atoms with Gasteiger partial charge in [-0.3, -0.25) is 0 Å². The highest BCUT2D eigenvalue weighted by molar-refractivity contribution is 7.89. The van der Waals surface area contributed by atoms with E-state index in [-0.39, 0.29) is 29.1 Å². The maximum absolute atomic E-state index is 13.2. The van der Waals surface area contributed by atoms with Crippen LogP contribution >= 0.6 is 0 Å². The number of nitrogens with one attached hydrogen (secondary N) is 2. The minimum absolute atomic E-state index is 0.0430. The average molecular weight is 416 g/mol. The van der Waals surface area contributed by atoms with Crippen molar-refractivity contribution in [3.05, 3.63) is 54.6 Å². The van der Waals surface area contributed by atoms with Crippen molar-refractivity contribution in [2.45, 2.75) is 48.7 Å². The van der Waals surface area contributed by atoms with E-state index in [1.807, 2.05) is 30.3 Å². The molecule has 2 saturated heterocycles. The lowest BCUT2D eigenvalue weighted by Gasteiger charge is -2.38. The van der Waals surface area contributed by atoms with Gasteiger partial charge in [-0.2, -0.15) is 4.31 Å². The summed E-state index contributed by atoms with van der Waals surface area (Å²) >= 11 is 0. The van der Waals surface area contributed by atoms with E-state index in [0.29, 0.717) is 18.6 Å². The number of urea groups is 1. The van der Waals surface area contributed by atoms with Gasteiger partial charge in [0, 0.05) is 23.8 Å². The summed E-state index contributed by atoms with van der Waals surface area (Å²) in [5.41, 5.74) is 0.729. The number of methoxy groups -OCH3 is 1. The van der Waals surface area contributed by atoms with Crippen LogP contribution in [0.15, 0.2) is 59.5 Å². The molecule has 4 rings (SSSR count). The van der Waals surface area contributed by atoms with Crippen molar-refractivity contribution in [2.24, 2.45) is 0 Å². The number of anilines is 1. The van der Waals surface area contributed by atoms with Crippen LogP contribution in [0, 0.1) is 0 Å². The lowest BCUT2D eigenvalue weighted by atomic mass is 10.00. The predicted octanol–water partition coefficient (Wildman–Crippen LogP) is 3.20. The molecule has 2 aliphatic heterocycles. The van der Waals surface area contributed by atoms with Gasteiger partial charge in [-0.05, 0) is 62.1 Å². The number of amides is 2. The number of rotatable bonds is 5. The highest BCUT2D eigenvalue weighted by Gasteiger charge is 2.47. The minimum Gasteiger partial charge on any atom is -0.497 e. The molecular formula is C21H25N3O4S. The number of sulfonamides is 1. The summed E-state index contributed by atoms with van der Waals surface area (Å²) in [6, 6.07) is 15.3. The predicted molar refractivity (Wildman–Crippen MR) is 110 cm³/mol. The Labute approximate surface area is 171 Å². The Morgan fingerprint density at radius 2 is 1.62 bits per heavy atom. The first kappa shape index (κ1) is 19.7. The molecule has 0 aliphatic carbocycles. The van der Waals surface area contributed by atoms with E-state index >= 15 is 0 Å². The molecule has 29 heavy (non-hydrogen) atoms. The Balaban J connectivity index is 1.42. The molecule has 2 amide bonds. The summed E-state index contributed by atoms with van der Waals surface area (Å²) in [7, 11) is -2.02. The zero-order chi connectivity index (χ0) is 20.4. The standard InChI is InChI=1S/C21H25N3O4S/c1-28-19-9-11-20(12-10-19)29(26,27)24-17-7-8-18(24)14-16(13-17)23-21(25)22-15-5-3-2-4-6-15/h2-6,9-12,16-18H,7-8,13-14H2,1H3,(H2,22,23,25). The highest BCUT2D eigenvalue weighted by atomic mass is 32.2. The number of carbonyl (C=O) groups excluding carboxylic acids is 1. The quantitative estimate of drug-likeness (QED) is 0.785. The van der Waals surface area contributed by atoms with Crippen LogP contribution in [0.1, 0.15) is 25.7 Å². The molecule has 2 heterocycles. The first-order chi connectivity index (χ1) is 14.0. The number of benzene rings is 2. The lowest BCUT2D eigenvalue weighted by Crippen LogP contribution is -2.52. The second-order valence-electron chi connectivity index (χ2n) is 7.53. The molecule has 0 spiro atoms. The van der Waals surface area contributed by atoms with Gasteiger partial charge in [-0.25, -0.2) is 13.2 Å². The van der Waals surface area contributed by atoms with Crippen LogP contribution in [0.25, 0.3) is 0 Å². The molecule has 154 valence electrons. The van der Waals surface area contributed by atoms with Gasteiger partial charge in [0.05, 0.1) is 12.0 Å². The number of carbonyl (C=O) groups is 1. The topological polar surface area (TPSA) is 87.7 Å². The fourth-order valence-electron chi connectivity index (χ4n) is 4.39. The van der Waals surface area contributed by atoms with Gasteiger partial charge in [0.25, 0.3) is 0 Å². The number of hydrogen-bond donors (Lipinski definition) is 2. The fourth-order valence-corrected chi connectivity index (χ4v) is 6.28. The van der Waals surface area contributed by atoms with E-state index in [1.165, 1.54) is 0 Å².